The summed E-state index contributed by atoms with van der Waals surface area (Å²) in [5.74, 6) is 3.37. The summed E-state index contributed by atoms with van der Waals surface area (Å²) >= 11 is 0. The fraction of sp³-hybridized carbons (Fsp3) is 0.250. The van der Waals surface area contributed by atoms with Gasteiger partial charge < -0.3 is 9.80 Å². The van der Waals surface area contributed by atoms with E-state index in [9.17, 15) is 0 Å². The lowest BCUT2D eigenvalue weighted by Crippen LogP contribution is -2.34. The highest BCUT2D eigenvalue weighted by molar-refractivity contribution is 5.79. The molecule has 0 unspecified atom stereocenters. The Morgan fingerprint density at radius 3 is 0.962 bits per heavy atom. The van der Waals surface area contributed by atoms with Gasteiger partial charge in [0, 0.05) is 34.7 Å². The molecule has 267 valence electrons. The van der Waals surface area contributed by atoms with E-state index in [2.05, 4.69) is 138 Å². The fourth-order valence-electron chi connectivity index (χ4n) is 7.32. The van der Waals surface area contributed by atoms with Gasteiger partial charge in [0.15, 0.2) is 23.6 Å². The van der Waals surface area contributed by atoms with Crippen molar-refractivity contribution in [1.82, 2.24) is 15.0 Å². The second-order valence-electron chi connectivity index (χ2n) is 15.2. The predicted octanol–water partition coefficient (Wildman–Crippen LogP) is 12.7. The smallest absolute Gasteiger partial charge is 0.195 e. The van der Waals surface area contributed by atoms with Gasteiger partial charge in [-0.05, 0) is 45.9 Å². The molecule has 0 aliphatic carbocycles. The van der Waals surface area contributed by atoms with Crippen molar-refractivity contribution in [3.8, 4) is 34.2 Å². The van der Waals surface area contributed by atoms with E-state index in [1.54, 1.807) is 0 Å². The van der Waals surface area contributed by atoms with Crippen LogP contribution in [0.3, 0.4) is 0 Å². The lowest BCUT2D eigenvalue weighted by Gasteiger charge is -2.37. The van der Waals surface area contributed by atoms with Crippen molar-refractivity contribution < 1.29 is 0 Å². The molecule has 7 rings (SSSR count). The van der Waals surface area contributed by atoms with Gasteiger partial charge in [-0.25, -0.2) is 15.0 Å². The standard InChI is InChI=1S/C48H50N5/c1-31(2)39-21-15-22-40(32(3)4)43(39)52-29-30-53(44-41(33(5)6)23-16-24-42(44)34(7)8)48(52)38-27-25-37(26-28-38)47-50-45(35-17-11-9-12-18-35)49-46(51-47)36-19-13-10-14-20-36/h9-34H,1-8H3. The number of hydrogen-bond donors (Lipinski definition) is 0. The Bertz CT molecular complexity index is 2020. The Morgan fingerprint density at radius 2 is 0.642 bits per heavy atom. The van der Waals surface area contributed by atoms with Gasteiger partial charge in [0.2, 0.25) is 0 Å². The van der Waals surface area contributed by atoms with Gasteiger partial charge in [-0.2, -0.15) is 0 Å². The summed E-state index contributed by atoms with van der Waals surface area (Å²) < 4.78 is 0. The quantitative estimate of drug-likeness (QED) is 0.143. The van der Waals surface area contributed by atoms with Crippen LogP contribution in [-0.4, -0.2) is 15.0 Å². The van der Waals surface area contributed by atoms with Crippen LogP contribution in [0.15, 0.2) is 134 Å². The third-order valence-electron chi connectivity index (χ3n) is 10.1. The summed E-state index contributed by atoms with van der Waals surface area (Å²) in [5, 5.41) is 0. The van der Waals surface area contributed by atoms with Crippen LogP contribution in [0.1, 0.15) is 107 Å². The topological polar surface area (TPSA) is 45.2 Å². The number of rotatable bonds is 10. The van der Waals surface area contributed by atoms with E-state index >= 15 is 0 Å². The molecule has 1 radical (unpaired) electrons. The normalized spacial score (nSPS) is 13.4. The molecule has 0 spiro atoms. The summed E-state index contributed by atoms with van der Waals surface area (Å²) in [7, 11) is 0. The molecular weight excluding hydrogens is 647 g/mol. The molecule has 0 fully saturated rings. The summed E-state index contributed by atoms with van der Waals surface area (Å²) in [6.07, 6.45) is 5.65. The molecule has 0 saturated carbocycles. The third kappa shape index (κ3) is 7.13. The number of para-hydroxylation sites is 2. The number of hydrogen-bond acceptors (Lipinski definition) is 5. The fourth-order valence-corrected chi connectivity index (χ4v) is 7.32. The SMILES string of the molecule is CC(C)c1cccc(C(C)C)c1N1C=CN(c2c(C(C)C)cccc2C(C)C)[C]1c1ccc(-c2nc(-c3ccccc3)nc(-c3ccccc3)n2)cc1. The van der Waals surface area contributed by atoms with E-state index < -0.39 is 0 Å². The maximum atomic E-state index is 5.01. The van der Waals surface area contributed by atoms with Crippen LogP contribution in [0.4, 0.5) is 11.4 Å². The van der Waals surface area contributed by atoms with Crippen molar-refractivity contribution in [3.63, 3.8) is 0 Å². The summed E-state index contributed by atoms with van der Waals surface area (Å²) in [4.78, 5) is 19.8. The maximum Gasteiger partial charge on any atom is 0.195 e. The van der Waals surface area contributed by atoms with Gasteiger partial charge >= 0.3 is 0 Å². The summed E-state index contributed by atoms with van der Waals surface area (Å²) in [6, 6.07) is 42.7. The first-order valence-electron chi connectivity index (χ1n) is 19.0. The van der Waals surface area contributed by atoms with Crippen molar-refractivity contribution >= 4 is 11.4 Å². The van der Waals surface area contributed by atoms with Gasteiger partial charge in [-0.15, -0.1) is 0 Å². The Labute approximate surface area is 316 Å². The molecule has 6 aromatic rings. The molecule has 2 heterocycles. The number of nitrogens with zero attached hydrogens (tertiary/aromatic N) is 5. The van der Waals surface area contributed by atoms with Crippen LogP contribution in [0, 0.1) is 6.17 Å². The monoisotopic (exact) mass is 696 g/mol. The molecule has 5 heteroatoms. The number of anilines is 2. The van der Waals surface area contributed by atoms with Gasteiger partial charge in [-0.3, -0.25) is 0 Å². The van der Waals surface area contributed by atoms with E-state index in [0.29, 0.717) is 41.1 Å². The lowest BCUT2D eigenvalue weighted by atomic mass is 9.90. The average Bonchev–Trinajstić information content (AvgIpc) is 3.62. The molecule has 5 aromatic carbocycles. The zero-order chi connectivity index (χ0) is 37.2. The highest BCUT2D eigenvalue weighted by Gasteiger charge is 2.37. The molecule has 1 aromatic heterocycles. The van der Waals surface area contributed by atoms with E-state index in [1.807, 2.05) is 60.7 Å². The molecule has 0 saturated heterocycles. The predicted molar refractivity (Wildman–Crippen MR) is 222 cm³/mol. The first-order chi connectivity index (χ1) is 25.6. The third-order valence-corrected chi connectivity index (χ3v) is 10.1. The second kappa shape index (κ2) is 15.2. The van der Waals surface area contributed by atoms with E-state index in [1.165, 1.54) is 33.6 Å². The van der Waals surface area contributed by atoms with Gasteiger partial charge in [0.1, 0.15) is 0 Å². The van der Waals surface area contributed by atoms with Crippen LogP contribution in [-0.2, 0) is 0 Å². The van der Waals surface area contributed by atoms with Crippen LogP contribution >= 0.6 is 0 Å². The molecular formula is C48H50N5. The second-order valence-corrected chi connectivity index (χ2v) is 15.2. The molecule has 0 amide bonds. The zero-order valence-electron chi connectivity index (χ0n) is 32.2. The van der Waals surface area contributed by atoms with Crippen LogP contribution in [0.2, 0.25) is 0 Å². The van der Waals surface area contributed by atoms with Gasteiger partial charge in [-0.1, -0.05) is 177 Å². The first kappa shape index (κ1) is 35.8. The summed E-state index contributed by atoms with van der Waals surface area (Å²) in [5.41, 5.74) is 11.8. The Balaban J connectivity index is 1.39. The minimum Gasteiger partial charge on any atom is -0.314 e. The molecule has 5 nitrogen and oxygen atoms in total. The molecule has 0 atom stereocenters. The van der Waals surface area contributed by atoms with Crippen LogP contribution in [0.25, 0.3) is 34.2 Å². The van der Waals surface area contributed by atoms with E-state index in [-0.39, 0.29) is 0 Å². The Kier molecular flexibility index (Phi) is 10.3. The molecule has 0 bridgehead atoms. The van der Waals surface area contributed by atoms with Crippen LogP contribution < -0.4 is 9.80 Å². The Hall–Kier alpha value is -5.55. The zero-order valence-corrected chi connectivity index (χ0v) is 32.2. The Morgan fingerprint density at radius 1 is 0.340 bits per heavy atom. The minimum absolute atomic E-state index is 0.352. The van der Waals surface area contributed by atoms with E-state index in [0.717, 1.165) is 28.4 Å². The minimum atomic E-state index is 0.352. The lowest BCUT2D eigenvalue weighted by molar-refractivity contribution is 0.804. The number of benzene rings is 5. The molecule has 1 aliphatic rings. The van der Waals surface area contributed by atoms with Crippen molar-refractivity contribution in [3.05, 3.63) is 168 Å². The molecule has 1 aliphatic heterocycles. The molecule has 0 N–H and O–H groups in total. The van der Waals surface area contributed by atoms with Gasteiger partial charge in [0.25, 0.3) is 0 Å². The van der Waals surface area contributed by atoms with E-state index in [4.69, 9.17) is 15.0 Å². The van der Waals surface area contributed by atoms with Crippen molar-refractivity contribution in [1.29, 1.82) is 0 Å². The van der Waals surface area contributed by atoms with Crippen molar-refractivity contribution in [2.45, 2.75) is 79.1 Å². The highest BCUT2D eigenvalue weighted by Crippen LogP contribution is 2.47. The molecule has 53 heavy (non-hydrogen) atoms. The first-order valence-corrected chi connectivity index (χ1v) is 19.0. The highest BCUT2D eigenvalue weighted by atomic mass is 15.4. The van der Waals surface area contributed by atoms with Gasteiger partial charge in [0.05, 0.1) is 11.4 Å². The average molecular weight is 697 g/mol. The summed E-state index contributed by atoms with van der Waals surface area (Å²) in [6.45, 7) is 18.3. The van der Waals surface area contributed by atoms with Crippen molar-refractivity contribution in [2.75, 3.05) is 9.80 Å². The van der Waals surface area contributed by atoms with Crippen molar-refractivity contribution in [2.24, 2.45) is 0 Å². The largest absolute Gasteiger partial charge is 0.314 e. The number of aromatic nitrogens is 3. The maximum absolute atomic E-state index is 5.01. The van der Waals surface area contributed by atoms with Crippen LogP contribution in [0.5, 0.6) is 0 Å².